The minimum Gasteiger partial charge on any atom is -0.493 e. The standard InChI is InChI=1S/C17H20N4O2S/c1-2-9-21-14-8-4-3-7-13(14)15(16(21)22)19-20-17(24)18-11-12-6-5-10-23-12/h2-4,7-8,12,22H,1,5-6,9-11H2,(H,18,24)/t12-/m1/s1. The maximum absolute atomic E-state index is 10.4. The lowest BCUT2D eigenvalue weighted by atomic mass is 10.2. The number of hydrogen-bond donors (Lipinski definition) is 2. The van der Waals surface area contributed by atoms with E-state index in [4.69, 9.17) is 17.0 Å². The van der Waals surface area contributed by atoms with Crippen molar-refractivity contribution in [2.24, 2.45) is 10.2 Å². The van der Waals surface area contributed by atoms with Crippen LogP contribution in [-0.4, -0.2) is 34.0 Å². The van der Waals surface area contributed by atoms with Gasteiger partial charge in [0.1, 0.15) is 0 Å². The van der Waals surface area contributed by atoms with Gasteiger partial charge in [0, 0.05) is 25.1 Å². The molecule has 2 heterocycles. The molecule has 2 aromatic rings. The molecule has 1 aliphatic rings. The van der Waals surface area contributed by atoms with Gasteiger partial charge in [-0.05, 0) is 31.1 Å². The Morgan fingerprint density at radius 2 is 2.33 bits per heavy atom. The number of aromatic nitrogens is 1. The smallest absolute Gasteiger partial charge is 0.221 e. The van der Waals surface area contributed by atoms with Crippen molar-refractivity contribution in [2.45, 2.75) is 25.5 Å². The van der Waals surface area contributed by atoms with E-state index in [9.17, 15) is 5.11 Å². The van der Waals surface area contributed by atoms with Crippen molar-refractivity contribution in [1.29, 1.82) is 0 Å². The van der Waals surface area contributed by atoms with Gasteiger partial charge >= 0.3 is 0 Å². The van der Waals surface area contributed by atoms with Crippen LogP contribution in [0.15, 0.2) is 47.1 Å². The Morgan fingerprint density at radius 3 is 3.08 bits per heavy atom. The topological polar surface area (TPSA) is 71.1 Å². The van der Waals surface area contributed by atoms with Crippen molar-refractivity contribution >= 4 is 33.9 Å². The summed E-state index contributed by atoms with van der Waals surface area (Å²) >= 11 is 5.18. The van der Waals surface area contributed by atoms with Gasteiger partial charge in [0.15, 0.2) is 5.69 Å². The van der Waals surface area contributed by atoms with E-state index in [1.807, 2.05) is 24.3 Å². The van der Waals surface area contributed by atoms with Crippen LogP contribution >= 0.6 is 12.2 Å². The first-order valence-corrected chi connectivity index (χ1v) is 8.33. The van der Waals surface area contributed by atoms with Crippen LogP contribution in [0.2, 0.25) is 0 Å². The van der Waals surface area contributed by atoms with Gasteiger partial charge in [0.05, 0.1) is 11.6 Å². The minimum atomic E-state index is 0.0572. The van der Waals surface area contributed by atoms with E-state index in [0.717, 1.165) is 30.4 Å². The number of thiocarbonyl (C=S) groups is 1. The van der Waals surface area contributed by atoms with Crippen molar-refractivity contribution < 1.29 is 9.84 Å². The van der Waals surface area contributed by atoms with Crippen molar-refractivity contribution in [1.82, 2.24) is 9.88 Å². The number of allylic oxidation sites excluding steroid dienone is 1. The third-order valence-electron chi connectivity index (χ3n) is 3.97. The Balaban J connectivity index is 1.77. The molecular formula is C17H20N4O2S. The number of hydrogen-bond acceptors (Lipinski definition) is 4. The summed E-state index contributed by atoms with van der Waals surface area (Å²) in [7, 11) is 0. The molecule has 0 saturated carbocycles. The molecule has 24 heavy (non-hydrogen) atoms. The van der Waals surface area contributed by atoms with Crippen LogP contribution in [0.1, 0.15) is 12.8 Å². The average Bonchev–Trinajstić information content (AvgIpc) is 3.20. The largest absolute Gasteiger partial charge is 0.493 e. The van der Waals surface area contributed by atoms with Gasteiger partial charge in [-0.3, -0.25) is 0 Å². The minimum absolute atomic E-state index is 0.0572. The molecule has 0 radical (unpaired) electrons. The van der Waals surface area contributed by atoms with Gasteiger partial charge in [-0.25, -0.2) is 0 Å². The summed E-state index contributed by atoms with van der Waals surface area (Å²) in [5.74, 6) is 0.0572. The second-order valence-corrected chi connectivity index (χ2v) is 6.00. The first-order valence-electron chi connectivity index (χ1n) is 7.93. The first-order chi connectivity index (χ1) is 11.7. The molecule has 6 nitrogen and oxygen atoms in total. The van der Waals surface area contributed by atoms with E-state index in [0.29, 0.717) is 18.8 Å². The highest BCUT2D eigenvalue weighted by molar-refractivity contribution is 7.80. The Morgan fingerprint density at radius 1 is 1.50 bits per heavy atom. The number of rotatable bonds is 5. The molecule has 0 spiro atoms. The van der Waals surface area contributed by atoms with Gasteiger partial charge in [0.2, 0.25) is 11.0 Å². The van der Waals surface area contributed by atoms with E-state index < -0.39 is 0 Å². The highest BCUT2D eigenvalue weighted by Crippen LogP contribution is 2.38. The first kappa shape index (κ1) is 16.6. The molecule has 1 aromatic carbocycles. The maximum Gasteiger partial charge on any atom is 0.221 e. The van der Waals surface area contributed by atoms with Gasteiger partial charge in [-0.1, -0.05) is 24.3 Å². The van der Waals surface area contributed by atoms with Crippen molar-refractivity contribution in [3.05, 3.63) is 36.9 Å². The van der Waals surface area contributed by atoms with Crippen molar-refractivity contribution in [3.8, 4) is 5.88 Å². The van der Waals surface area contributed by atoms with Crippen LogP contribution in [0.25, 0.3) is 10.9 Å². The predicted octanol–water partition coefficient (Wildman–Crippen LogP) is 3.67. The van der Waals surface area contributed by atoms with E-state index in [1.54, 1.807) is 10.6 Å². The van der Waals surface area contributed by atoms with E-state index in [2.05, 4.69) is 22.1 Å². The van der Waals surface area contributed by atoms with Crippen molar-refractivity contribution in [2.75, 3.05) is 13.2 Å². The summed E-state index contributed by atoms with van der Waals surface area (Å²) in [5.41, 5.74) is 1.29. The van der Waals surface area contributed by atoms with Crippen molar-refractivity contribution in [3.63, 3.8) is 0 Å². The highest BCUT2D eigenvalue weighted by atomic mass is 32.1. The van der Waals surface area contributed by atoms with Gasteiger partial charge in [-0.15, -0.1) is 16.8 Å². The molecule has 1 aliphatic heterocycles. The number of fused-ring (bicyclic) bond motifs is 1. The molecule has 2 N–H and O–H groups in total. The van der Waals surface area contributed by atoms with Crippen LogP contribution in [0.3, 0.4) is 0 Å². The lowest BCUT2D eigenvalue weighted by molar-refractivity contribution is 0.114. The zero-order valence-electron chi connectivity index (χ0n) is 13.3. The SMILES string of the molecule is C=CCn1c(O)c(N=NC(=S)NC[C@H]2CCCO2)c2ccccc21. The van der Waals surface area contributed by atoms with Crippen LogP contribution in [-0.2, 0) is 11.3 Å². The number of nitrogens with zero attached hydrogens (tertiary/aromatic N) is 3. The molecule has 3 rings (SSSR count). The zero-order valence-corrected chi connectivity index (χ0v) is 14.1. The quantitative estimate of drug-likeness (QED) is 0.493. The summed E-state index contributed by atoms with van der Waals surface area (Å²) < 4.78 is 7.26. The second kappa shape index (κ2) is 7.55. The number of azo groups is 1. The Kier molecular flexibility index (Phi) is 5.22. The molecule has 7 heteroatoms. The summed E-state index contributed by atoms with van der Waals surface area (Å²) in [6, 6.07) is 7.63. The summed E-state index contributed by atoms with van der Waals surface area (Å²) in [6.07, 6.45) is 4.02. The molecule has 0 unspecified atom stereocenters. The fourth-order valence-electron chi connectivity index (χ4n) is 2.82. The van der Waals surface area contributed by atoms with Crippen LogP contribution < -0.4 is 5.32 Å². The molecule has 0 aliphatic carbocycles. The second-order valence-electron chi connectivity index (χ2n) is 5.61. The number of benzene rings is 1. The Labute approximate surface area is 145 Å². The molecule has 1 atom stereocenters. The highest BCUT2D eigenvalue weighted by Gasteiger charge is 2.17. The third-order valence-corrected chi connectivity index (χ3v) is 4.20. The number of aromatic hydroxyl groups is 1. The number of ether oxygens (including phenoxy) is 1. The maximum atomic E-state index is 10.4. The molecule has 126 valence electrons. The van der Waals surface area contributed by atoms with E-state index in [-0.39, 0.29) is 17.1 Å². The van der Waals surface area contributed by atoms with Gasteiger partial charge < -0.3 is 19.7 Å². The molecular weight excluding hydrogens is 324 g/mol. The molecule has 1 saturated heterocycles. The third kappa shape index (κ3) is 3.47. The number of nitrogens with one attached hydrogen (secondary N) is 1. The van der Waals surface area contributed by atoms with Crippen LogP contribution in [0, 0.1) is 0 Å². The van der Waals surface area contributed by atoms with Crippen LogP contribution in [0.5, 0.6) is 5.88 Å². The van der Waals surface area contributed by atoms with Crippen LogP contribution in [0.4, 0.5) is 5.69 Å². The average molecular weight is 344 g/mol. The normalized spacial score (nSPS) is 17.6. The predicted molar refractivity (Wildman–Crippen MR) is 97.9 cm³/mol. The summed E-state index contributed by atoms with van der Waals surface area (Å²) in [6.45, 7) is 5.64. The monoisotopic (exact) mass is 344 g/mol. The molecule has 0 amide bonds. The van der Waals surface area contributed by atoms with E-state index in [1.165, 1.54) is 0 Å². The summed E-state index contributed by atoms with van der Waals surface area (Å²) in [5, 5.41) is 22.8. The lowest BCUT2D eigenvalue weighted by Crippen LogP contribution is -2.29. The molecule has 1 aromatic heterocycles. The fraction of sp³-hybridized carbons (Fsp3) is 0.353. The van der Waals surface area contributed by atoms with Gasteiger partial charge in [0.25, 0.3) is 0 Å². The Hall–Kier alpha value is -2.25. The number of para-hydroxylation sites is 1. The fourth-order valence-corrected chi connectivity index (χ4v) is 2.95. The summed E-state index contributed by atoms with van der Waals surface area (Å²) in [4.78, 5) is 0. The zero-order chi connectivity index (χ0) is 16.9. The van der Waals surface area contributed by atoms with Gasteiger partial charge in [-0.2, -0.15) is 0 Å². The molecule has 0 bridgehead atoms. The molecule has 1 fully saturated rings. The van der Waals surface area contributed by atoms with E-state index >= 15 is 0 Å². The Bertz CT molecular complexity index is 778. The lowest BCUT2D eigenvalue weighted by Gasteiger charge is -2.09.